The van der Waals surface area contributed by atoms with Gasteiger partial charge in [-0.15, -0.1) is 0 Å². The van der Waals surface area contributed by atoms with Crippen LogP contribution in [0.25, 0.3) is 0 Å². The summed E-state index contributed by atoms with van der Waals surface area (Å²) in [5.74, 6) is -0.263. The molecule has 0 bridgehead atoms. The predicted octanol–water partition coefficient (Wildman–Crippen LogP) is 3.04. The first-order valence-corrected chi connectivity index (χ1v) is 8.37. The minimum atomic E-state index is -0.442. The van der Waals surface area contributed by atoms with E-state index >= 15 is 0 Å². The number of hydrogen-bond donors (Lipinski definition) is 2. The van der Waals surface area contributed by atoms with Gasteiger partial charge in [-0.3, -0.25) is 9.59 Å². The summed E-state index contributed by atoms with van der Waals surface area (Å²) in [6, 6.07) is 17.5. The molecule has 1 aliphatic rings. The fourth-order valence-corrected chi connectivity index (χ4v) is 3.00. The van der Waals surface area contributed by atoms with Crippen LogP contribution < -0.4 is 10.6 Å². The maximum Gasteiger partial charge on any atom is 0.243 e. The van der Waals surface area contributed by atoms with E-state index in [0.717, 1.165) is 36.1 Å². The lowest BCUT2D eigenvalue weighted by atomic mass is 9.95. The fraction of sp³-hybridized carbons (Fsp3) is 0.300. The molecule has 3 rings (SSSR count). The molecule has 124 valence electrons. The Labute approximate surface area is 142 Å². The van der Waals surface area contributed by atoms with Gasteiger partial charge in [-0.1, -0.05) is 55.5 Å². The second-order valence-corrected chi connectivity index (χ2v) is 6.19. The first kappa shape index (κ1) is 16.2. The molecule has 2 amide bonds. The number of rotatable bonds is 6. The number of carbonyl (C=O) groups is 2. The van der Waals surface area contributed by atoms with E-state index in [-0.39, 0.29) is 18.4 Å². The summed E-state index contributed by atoms with van der Waals surface area (Å²) in [6.45, 7) is 2.04. The van der Waals surface area contributed by atoms with Gasteiger partial charge in [0.05, 0.1) is 12.0 Å². The van der Waals surface area contributed by atoms with Gasteiger partial charge in [0, 0.05) is 5.69 Å². The SMILES string of the molecule is CCc1ccccc1NC(=O)CNC(=O)C1(c2ccccc2)CC1. The minimum Gasteiger partial charge on any atom is -0.346 e. The molecule has 2 N–H and O–H groups in total. The van der Waals surface area contributed by atoms with Gasteiger partial charge in [-0.2, -0.15) is 0 Å². The largest absolute Gasteiger partial charge is 0.346 e. The van der Waals surface area contributed by atoms with Gasteiger partial charge in [0.1, 0.15) is 0 Å². The van der Waals surface area contributed by atoms with Gasteiger partial charge in [0.15, 0.2) is 0 Å². The highest BCUT2D eigenvalue weighted by Crippen LogP contribution is 2.48. The van der Waals surface area contributed by atoms with Gasteiger partial charge in [-0.25, -0.2) is 0 Å². The lowest BCUT2D eigenvalue weighted by molar-refractivity contribution is -0.126. The molecule has 0 aromatic heterocycles. The maximum absolute atomic E-state index is 12.5. The van der Waals surface area contributed by atoms with Gasteiger partial charge < -0.3 is 10.6 Å². The van der Waals surface area contributed by atoms with Crippen molar-refractivity contribution in [3.05, 3.63) is 65.7 Å². The van der Waals surface area contributed by atoms with Crippen molar-refractivity contribution >= 4 is 17.5 Å². The van der Waals surface area contributed by atoms with E-state index < -0.39 is 5.41 Å². The van der Waals surface area contributed by atoms with Crippen molar-refractivity contribution in [1.29, 1.82) is 0 Å². The summed E-state index contributed by atoms with van der Waals surface area (Å²) in [5, 5.41) is 5.67. The van der Waals surface area contributed by atoms with Crippen molar-refractivity contribution in [3.63, 3.8) is 0 Å². The Morgan fingerprint density at radius 3 is 2.33 bits per heavy atom. The zero-order chi connectivity index (χ0) is 17.0. The third kappa shape index (κ3) is 3.32. The van der Waals surface area contributed by atoms with E-state index in [1.165, 1.54) is 0 Å². The molecule has 0 saturated heterocycles. The number of para-hydroxylation sites is 1. The summed E-state index contributed by atoms with van der Waals surface area (Å²) in [4.78, 5) is 24.7. The van der Waals surface area contributed by atoms with Crippen molar-refractivity contribution in [3.8, 4) is 0 Å². The summed E-state index contributed by atoms with van der Waals surface area (Å²) < 4.78 is 0. The number of nitrogens with one attached hydrogen (secondary N) is 2. The highest BCUT2D eigenvalue weighted by atomic mass is 16.2. The van der Waals surface area contributed by atoms with E-state index in [0.29, 0.717) is 0 Å². The van der Waals surface area contributed by atoms with Crippen LogP contribution in [0.1, 0.15) is 30.9 Å². The van der Waals surface area contributed by atoms with E-state index in [1.54, 1.807) is 0 Å². The van der Waals surface area contributed by atoms with Crippen LogP contribution in [0.2, 0.25) is 0 Å². The lowest BCUT2D eigenvalue weighted by Gasteiger charge is -2.16. The smallest absolute Gasteiger partial charge is 0.243 e. The van der Waals surface area contributed by atoms with Crippen LogP contribution in [-0.2, 0) is 21.4 Å². The Bertz CT molecular complexity index is 736. The van der Waals surface area contributed by atoms with Crippen LogP contribution in [0.3, 0.4) is 0 Å². The average Bonchev–Trinajstić information content (AvgIpc) is 3.43. The third-order valence-electron chi connectivity index (χ3n) is 4.59. The normalized spacial score (nSPS) is 14.7. The molecule has 0 radical (unpaired) electrons. The molecule has 4 nitrogen and oxygen atoms in total. The van der Waals surface area contributed by atoms with Crippen LogP contribution in [0.4, 0.5) is 5.69 Å². The molecule has 2 aromatic carbocycles. The predicted molar refractivity (Wildman–Crippen MR) is 94.8 cm³/mol. The molecule has 4 heteroatoms. The highest BCUT2D eigenvalue weighted by Gasteiger charge is 2.51. The van der Waals surface area contributed by atoms with E-state index in [9.17, 15) is 9.59 Å². The Kier molecular flexibility index (Phi) is 4.65. The van der Waals surface area contributed by atoms with E-state index in [4.69, 9.17) is 0 Å². The molecule has 0 atom stereocenters. The molecule has 0 heterocycles. The molecule has 0 spiro atoms. The number of carbonyl (C=O) groups excluding carboxylic acids is 2. The van der Waals surface area contributed by atoms with Gasteiger partial charge in [0.2, 0.25) is 11.8 Å². The summed E-state index contributed by atoms with van der Waals surface area (Å²) in [5.41, 5.74) is 2.48. The first-order valence-electron chi connectivity index (χ1n) is 8.37. The summed E-state index contributed by atoms with van der Waals surface area (Å²) in [7, 11) is 0. The molecule has 1 fully saturated rings. The van der Waals surface area contributed by atoms with Crippen molar-refractivity contribution in [2.24, 2.45) is 0 Å². The molecule has 1 saturated carbocycles. The molecular weight excluding hydrogens is 300 g/mol. The van der Waals surface area contributed by atoms with Crippen LogP contribution in [0, 0.1) is 0 Å². The van der Waals surface area contributed by atoms with Gasteiger partial charge in [-0.05, 0) is 36.5 Å². The molecule has 24 heavy (non-hydrogen) atoms. The van der Waals surface area contributed by atoms with E-state index in [2.05, 4.69) is 10.6 Å². The van der Waals surface area contributed by atoms with Gasteiger partial charge >= 0.3 is 0 Å². The number of benzene rings is 2. The highest BCUT2D eigenvalue weighted by molar-refractivity contribution is 5.98. The molecule has 0 aliphatic heterocycles. The Hall–Kier alpha value is -2.62. The maximum atomic E-state index is 12.5. The first-order chi connectivity index (χ1) is 11.7. The lowest BCUT2D eigenvalue weighted by Crippen LogP contribution is -2.39. The molecule has 0 unspecified atom stereocenters. The van der Waals surface area contributed by atoms with Crippen molar-refractivity contribution in [2.45, 2.75) is 31.6 Å². The number of hydrogen-bond acceptors (Lipinski definition) is 2. The van der Waals surface area contributed by atoms with Crippen molar-refractivity contribution in [1.82, 2.24) is 5.32 Å². The Morgan fingerprint density at radius 2 is 1.67 bits per heavy atom. The fourth-order valence-electron chi connectivity index (χ4n) is 3.00. The number of amides is 2. The van der Waals surface area contributed by atoms with Crippen molar-refractivity contribution < 1.29 is 9.59 Å². The second kappa shape index (κ2) is 6.87. The Morgan fingerprint density at radius 1 is 1.00 bits per heavy atom. The number of anilines is 1. The average molecular weight is 322 g/mol. The Balaban J connectivity index is 1.58. The van der Waals surface area contributed by atoms with Crippen LogP contribution >= 0.6 is 0 Å². The topological polar surface area (TPSA) is 58.2 Å². The van der Waals surface area contributed by atoms with Crippen LogP contribution in [-0.4, -0.2) is 18.4 Å². The summed E-state index contributed by atoms with van der Waals surface area (Å²) in [6.07, 6.45) is 2.52. The van der Waals surface area contributed by atoms with E-state index in [1.807, 2.05) is 61.5 Å². The third-order valence-corrected chi connectivity index (χ3v) is 4.59. The molecule has 2 aromatic rings. The van der Waals surface area contributed by atoms with Crippen LogP contribution in [0.5, 0.6) is 0 Å². The zero-order valence-corrected chi connectivity index (χ0v) is 13.8. The monoisotopic (exact) mass is 322 g/mol. The standard InChI is InChI=1S/C20H22N2O2/c1-2-15-8-6-7-11-17(15)22-18(23)14-21-19(24)20(12-13-20)16-9-4-3-5-10-16/h3-11H,2,12-14H2,1H3,(H,21,24)(H,22,23). The molecular formula is C20H22N2O2. The summed E-state index contributed by atoms with van der Waals surface area (Å²) >= 11 is 0. The van der Waals surface area contributed by atoms with Gasteiger partial charge in [0.25, 0.3) is 0 Å². The molecule has 1 aliphatic carbocycles. The minimum absolute atomic E-state index is 0.00847. The van der Waals surface area contributed by atoms with Crippen LogP contribution in [0.15, 0.2) is 54.6 Å². The zero-order valence-electron chi connectivity index (χ0n) is 13.8. The second-order valence-electron chi connectivity index (χ2n) is 6.19. The number of aryl methyl sites for hydroxylation is 1. The quantitative estimate of drug-likeness (QED) is 0.859. The van der Waals surface area contributed by atoms with Crippen molar-refractivity contribution in [2.75, 3.05) is 11.9 Å².